The molecule has 2 unspecified atom stereocenters. The zero-order valence-electron chi connectivity index (χ0n) is 19.2. The third-order valence-electron chi connectivity index (χ3n) is 5.48. The molecule has 0 spiro atoms. The van der Waals surface area contributed by atoms with Gasteiger partial charge in [-0.3, -0.25) is 14.2 Å². The molecule has 0 aliphatic heterocycles. The molecule has 0 heterocycles. The molecule has 3 nitrogen and oxygen atoms in total. The summed E-state index contributed by atoms with van der Waals surface area (Å²) in [4.78, 5) is 5.54. The molecule has 28 heavy (non-hydrogen) atoms. The van der Waals surface area contributed by atoms with Gasteiger partial charge in [0, 0.05) is 12.6 Å². The smallest absolute Gasteiger partial charge is 0.0912 e. The van der Waals surface area contributed by atoms with Crippen LogP contribution in [0, 0.1) is 0 Å². The van der Waals surface area contributed by atoms with Crippen LogP contribution in [-0.2, 0) is 4.84 Å². The number of nitrogens with one attached hydrogen (secondary N) is 1. The Hall–Kier alpha value is -0.260. The lowest BCUT2D eigenvalue weighted by molar-refractivity contribution is -0.0281. The fourth-order valence-corrected chi connectivity index (χ4v) is 3.35. The van der Waals surface area contributed by atoms with Gasteiger partial charge in [-0.2, -0.15) is 0 Å². The van der Waals surface area contributed by atoms with Gasteiger partial charge < -0.3 is 5.73 Å². The number of hydrogen-bond acceptors (Lipinski definition) is 3. The quantitative estimate of drug-likeness (QED) is 0.155. The molecule has 2 atom stereocenters. The largest absolute Gasteiger partial charge is 0.325 e. The van der Waals surface area contributed by atoms with Crippen molar-refractivity contribution in [2.45, 2.75) is 142 Å². The number of hydroxylamine groups is 1. The van der Waals surface area contributed by atoms with Gasteiger partial charge in [0.25, 0.3) is 0 Å². The van der Waals surface area contributed by atoms with Crippen LogP contribution in [0.5, 0.6) is 0 Å². The second kappa shape index (κ2) is 26.7. The van der Waals surface area contributed by atoms with E-state index in [-0.39, 0.29) is 21.6 Å². The molecule has 0 bridgehead atoms. The van der Waals surface area contributed by atoms with Crippen LogP contribution in [0.4, 0.5) is 9.41 Å². The molecule has 0 saturated carbocycles. The van der Waals surface area contributed by atoms with E-state index in [4.69, 9.17) is 10.6 Å². The Morgan fingerprint density at radius 2 is 1.00 bits per heavy atom. The number of unbranched alkanes of at least 4 members (excludes halogenated alkanes) is 15. The maximum Gasteiger partial charge on any atom is 0.0912 e. The van der Waals surface area contributed by atoms with Crippen molar-refractivity contribution in [3.8, 4) is 0 Å². The van der Waals surface area contributed by atoms with E-state index in [9.17, 15) is 0 Å². The van der Waals surface area contributed by atoms with E-state index in [2.05, 4.69) is 19.3 Å². The molecule has 0 radical (unpaired) electrons. The van der Waals surface area contributed by atoms with Crippen molar-refractivity contribution in [1.82, 2.24) is 5.48 Å². The second-order valence-corrected chi connectivity index (χ2v) is 8.09. The SMILES string of the molecule is CCCCCCCCCCCCCCCCCCNOC(C)C(N)CC.F.F. The normalized spacial score (nSPS) is 12.9. The standard InChI is InChI=1S/C23H50N2O.2FH/c1-4-6-7-8-9-10-11-12-13-14-15-16-17-18-19-20-21-25-26-22(3)23(24)5-2;;/h22-23,25H,4-21,24H2,1-3H3;2*1H. The summed E-state index contributed by atoms with van der Waals surface area (Å²) in [5.41, 5.74) is 9.00. The first-order valence-corrected chi connectivity index (χ1v) is 11.9. The first-order valence-electron chi connectivity index (χ1n) is 11.9. The van der Waals surface area contributed by atoms with Crippen molar-refractivity contribution >= 4 is 0 Å². The maximum absolute atomic E-state index is 5.93. The average molecular weight is 411 g/mol. The van der Waals surface area contributed by atoms with Crippen LogP contribution in [-0.4, -0.2) is 18.7 Å². The summed E-state index contributed by atoms with van der Waals surface area (Å²) in [6.45, 7) is 7.37. The Morgan fingerprint density at radius 3 is 1.36 bits per heavy atom. The van der Waals surface area contributed by atoms with Gasteiger partial charge in [0.15, 0.2) is 0 Å². The third kappa shape index (κ3) is 23.8. The molecular weight excluding hydrogens is 358 g/mol. The summed E-state index contributed by atoms with van der Waals surface area (Å²) >= 11 is 0. The highest BCUT2D eigenvalue weighted by atomic mass is 19.0. The Bertz CT molecular complexity index is 271. The maximum atomic E-state index is 5.93. The van der Waals surface area contributed by atoms with E-state index in [1.54, 1.807) is 0 Å². The number of rotatable bonds is 21. The van der Waals surface area contributed by atoms with Gasteiger partial charge in [-0.25, -0.2) is 5.48 Å². The van der Waals surface area contributed by atoms with Crippen molar-refractivity contribution in [2.75, 3.05) is 6.54 Å². The Kier molecular flexibility index (Phi) is 30.9. The van der Waals surface area contributed by atoms with Crippen LogP contribution < -0.4 is 11.2 Å². The van der Waals surface area contributed by atoms with Crippen molar-refractivity contribution in [1.29, 1.82) is 0 Å². The molecule has 174 valence electrons. The third-order valence-corrected chi connectivity index (χ3v) is 5.48. The highest BCUT2D eigenvalue weighted by Crippen LogP contribution is 2.13. The molecule has 0 aliphatic rings. The van der Waals surface area contributed by atoms with Crippen LogP contribution >= 0.6 is 0 Å². The van der Waals surface area contributed by atoms with E-state index in [0.717, 1.165) is 13.0 Å². The predicted molar refractivity (Wildman–Crippen MR) is 121 cm³/mol. The molecule has 0 saturated heterocycles. The molecule has 0 rings (SSSR count). The van der Waals surface area contributed by atoms with Gasteiger partial charge in [-0.05, 0) is 19.8 Å². The predicted octanol–water partition coefficient (Wildman–Crippen LogP) is 7.20. The first-order chi connectivity index (χ1) is 12.7. The van der Waals surface area contributed by atoms with E-state index in [0.29, 0.717) is 0 Å². The Balaban J connectivity index is -0.00000312. The molecule has 0 aromatic rings. The van der Waals surface area contributed by atoms with Gasteiger partial charge in [-0.15, -0.1) is 0 Å². The lowest BCUT2D eigenvalue weighted by Gasteiger charge is -2.18. The van der Waals surface area contributed by atoms with Crippen molar-refractivity contribution in [3.05, 3.63) is 0 Å². The fourth-order valence-electron chi connectivity index (χ4n) is 3.35. The average Bonchev–Trinajstić information content (AvgIpc) is 2.66. The van der Waals surface area contributed by atoms with Crippen LogP contribution in [0.1, 0.15) is 130 Å². The highest BCUT2D eigenvalue weighted by molar-refractivity contribution is 4.65. The topological polar surface area (TPSA) is 47.3 Å². The van der Waals surface area contributed by atoms with Crippen molar-refractivity contribution in [2.24, 2.45) is 5.73 Å². The van der Waals surface area contributed by atoms with Gasteiger partial charge >= 0.3 is 0 Å². The zero-order chi connectivity index (χ0) is 19.3. The van der Waals surface area contributed by atoms with E-state index >= 15 is 0 Å². The molecule has 0 amide bonds. The van der Waals surface area contributed by atoms with Crippen LogP contribution in [0.25, 0.3) is 0 Å². The molecular formula is C23H52F2N2O. The van der Waals surface area contributed by atoms with Crippen molar-refractivity contribution < 1.29 is 14.2 Å². The summed E-state index contributed by atoms with van der Waals surface area (Å²) in [5.74, 6) is 0. The molecule has 0 aromatic heterocycles. The van der Waals surface area contributed by atoms with Gasteiger partial charge in [-0.1, -0.05) is 110 Å². The monoisotopic (exact) mass is 410 g/mol. The summed E-state index contributed by atoms with van der Waals surface area (Å²) in [6.07, 6.45) is 23.6. The minimum absolute atomic E-state index is 0. The number of halogens is 2. The van der Waals surface area contributed by atoms with Crippen LogP contribution in [0.15, 0.2) is 0 Å². The molecule has 0 aromatic carbocycles. The van der Waals surface area contributed by atoms with Gasteiger partial charge in [0.05, 0.1) is 6.10 Å². The summed E-state index contributed by atoms with van der Waals surface area (Å²) in [6, 6.07) is 0.133. The fraction of sp³-hybridized carbons (Fsp3) is 1.00. The van der Waals surface area contributed by atoms with Gasteiger partial charge in [0.2, 0.25) is 0 Å². The molecule has 5 heteroatoms. The number of nitrogens with two attached hydrogens (primary N) is 1. The van der Waals surface area contributed by atoms with E-state index in [1.165, 1.54) is 103 Å². The lowest BCUT2D eigenvalue weighted by atomic mass is 10.0. The lowest BCUT2D eigenvalue weighted by Crippen LogP contribution is -2.37. The highest BCUT2D eigenvalue weighted by Gasteiger charge is 2.10. The molecule has 3 N–H and O–H groups in total. The summed E-state index contributed by atoms with van der Waals surface area (Å²) in [5, 5.41) is 0. The van der Waals surface area contributed by atoms with Crippen LogP contribution in [0.2, 0.25) is 0 Å². The molecule has 0 aliphatic carbocycles. The van der Waals surface area contributed by atoms with E-state index in [1.807, 2.05) is 6.92 Å². The zero-order valence-corrected chi connectivity index (χ0v) is 19.2. The minimum Gasteiger partial charge on any atom is -0.325 e. The number of hydrogen-bond donors (Lipinski definition) is 2. The summed E-state index contributed by atoms with van der Waals surface area (Å²) < 4.78 is 0. The minimum atomic E-state index is 0. The Morgan fingerprint density at radius 1 is 0.643 bits per heavy atom. The first kappa shape index (κ1) is 32.4. The van der Waals surface area contributed by atoms with Crippen molar-refractivity contribution in [3.63, 3.8) is 0 Å². The van der Waals surface area contributed by atoms with Gasteiger partial charge in [0.1, 0.15) is 0 Å². The second-order valence-electron chi connectivity index (χ2n) is 8.09. The van der Waals surface area contributed by atoms with E-state index < -0.39 is 0 Å². The molecule has 0 fully saturated rings. The van der Waals surface area contributed by atoms with Crippen LogP contribution in [0.3, 0.4) is 0 Å². The summed E-state index contributed by atoms with van der Waals surface area (Å²) in [7, 11) is 0. The Labute approximate surface area is 174 Å².